The number of halogens is 1. The standard InChI is InChI=1S/C14H21ClN4O2/c15-13-12(9-17-19(7-8-20)14(13)21)18-6-2-4-11(18)10-3-1-5-16-10/h9-11,16,20H,1-8H2. The molecule has 3 heterocycles. The second kappa shape index (κ2) is 6.34. The minimum Gasteiger partial charge on any atom is -0.394 e. The largest absolute Gasteiger partial charge is 0.394 e. The summed E-state index contributed by atoms with van der Waals surface area (Å²) >= 11 is 6.27. The maximum Gasteiger partial charge on any atom is 0.287 e. The van der Waals surface area contributed by atoms with Crippen molar-refractivity contribution in [2.24, 2.45) is 0 Å². The predicted octanol–water partition coefficient (Wildman–Crippen LogP) is 0.610. The molecule has 1 aromatic heterocycles. The Bertz CT molecular complexity index is 556. The number of hydrogen-bond acceptors (Lipinski definition) is 5. The van der Waals surface area contributed by atoms with Crippen molar-refractivity contribution < 1.29 is 5.11 Å². The molecule has 7 heteroatoms. The van der Waals surface area contributed by atoms with E-state index >= 15 is 0 Å². The first-order valence-corrected chi connectivity index (χ1v) is 7.96. The van der Waals surface area contributed by atoms with Gasteiger partial charge in [-0.05, 0) is 32.2 Å². The average Bonchev–Trinajstić information content (AvgIpc) is 3.14. The van der Waals surface area contributed by atoms with Gasteiger partial charge in [-0.3, -0.25) is 4.79 Å². The minimum atomic E-state index is -0.326. The summed E-state index contributed by atoms with van der Waals surface area (Å²) in [6.45, 7) is 2.03. The van der Waals surface area contributed by atoms with Crippen molar-refractivity contribution in [3.63, 3.8) is 0 Å². The fraction of sp³-hybridized carbons (Fsp3) is 0.714. The van der Waals surface area contributed by atoms with Gasteiger partial charge in [0.25, 0.3) is 5.56 Å². The first kappa shape index (κ1) is 14.8. The first-order valence-electron chi connectivity index (χ1n) is 7.59. The highest BCUT2D eigenvalue weighted by Crippen LogP contribution is 2.32. The number of hydrogen-bond donors (Lipinski definition) is 2. The highest BCUT2D eigenvalue weighted by molar-refractivity contribution is 6.33. The SMILES string of the molecule is O=c1c(Cl)c(N2CCCC2C2CCCN2)cnn1CCO. The summed E-state index contributed by atoms with van der Waals surface area (Å²) in [5.41, 5.74) is 0.403. The molecule has 2 aliphatic heterocycles. The van der Waals surface area contributed by atoms with Gasteiger partial charge in [0, 0.05) is 18.6 Å². The van der Waals surface area contributed by atoms with E-state index in [9.17, 15) is 4.79 Å². The third-order valence-electron chi connectivity index (χ3n) is 4.45. The lowest BCUT2D eigenvalue weighted by molar-refractivity contribution is 0.266. The summed E-state index contributed by atoms with van der Waals surface area (Å²) in [6, 6.07) is 0.864. The molecule has 0 amide bonds. The van der Waals surface area contributed by atoms with E-state index in [1.807, 2.05) is 0 Å². The Morgan fingerprint density at radius 2 is 2.29 bits per heavy atom. The summed E-state index contributed by atoms with van der Waals surface area (Å²) in [4.78, 5) is 14.4. The van der Waals surface area contributed by atoms with Gasteiger partial charge >= 0.3 is 0 Å². The van der Waals surface area contributed by atoms with Crippen LogP contribution >= 0.6 is 11.6 Å². The zero-order valence-electron chi connectivity index (χ0n) is 12.0. The van der Waals surface area contributed by atoms with E-state index in [4.69, 9.17) is 16.7 Å². The van der Waals surface area contributed by atoms with Crippen molar-refractivity contribution in [3.05, 3.63) is 21.6 Å². The molecular formula is C14H21ClN4O2. The van der Waals surface area contributed by atoms with Crippen LogP contribution in [0, 0.1) is 0 Å². The van der Waals surface area contributed by atoms with Crippen molar-refractivity contribution >= 4 is 17.3 Å². The summed E-state index contributed by atoms with van der Waals surface area (Å²) in [7, 11) is 0. The zero-order valence-corrected chi connectivity index (χ0v) is 12.7. The quantitative estimate of drug-likeness (QED) is 0.852. The van der Waals surface area contributed by atoms with E-state index < -0.39 is 0 Å². The van der Waals surface area contributed by atoms with Gasteiger partial charge in [-0.2, -0.15) is 5.10 Å². The number of aliphatic hydroxyl groups excluding tert-OH is 1. The molecule has 2 unspecified atom stereocenters. The van der Waals surface area contributed by atoms with Crippen LogP contribution in [-0.2, 0) is 6.54 Å². The van der Waals surface area contributed by atoms with Crippen LogP contribution in [0.5, 0.6) is 0 Å². The highest BCUT2D eigenvalue weighted by Gasteiger charge is 2.34. The van der Waals surface area contributed by atoms with Crippen LogP contribution in [-0.4, -0.2) is 46.7 Å². The van der Waals surface area contributed by atoms with Gasteiger partial charge in [-0.15, -0.1) is 0 Å². The van der Waals surface area contributed by atoms with Gasteiger partial charge in [-0.25, -0.2) is 4.68 Å². The molecule has 0 aliphatic carbocycles. The Hall–Kier alpha value is -1.11. The summed E-state index contributed by atoms with van der Waals surface area (Å²) in [6.07, 6.45) is 6.27. The van der Waals surface area contributed by atoms with Crippen molar-refractivity contribution in [3.8, 4) is 0 Å². The molecule has 1 aromatic rings. The summed E-state index contributed by atoms with van der Waals surface area (Å²) in [5, 5.41) is 16.8. The zero-order chi connectivity index (χ0) is 14.8. The number of rotatable bonds is 4. The highest BCUT2D eigenvalue weighted by atomic mass is 35.5. The lowest BCUT2D eigenvalue weighted by atomic mass is 10.0. The minimum absolute atomic E-state index is 0.124. The normalized spacial score (nSPS) is 25.7. The number of nitrogens with zero attached hydrogens (tertiary/aromatic N) is 3. The van der Waals surface area contributed by atoms with E-state index in [1.165, 1.54) is 17.5 Å². The number of nitrogens with one attached hydrogen (secondary N) is 1. The predicted molar refractivity (Wildman–Crippen MR) is 82.0 cm³/mol. The maximum atomic E-state index is 12.2. The maximum absolute atomic E-state index is 12.2. The van der Waals surface area contributed by atoms with Crippen molar-refractivity contribution in [2.45, 2.75) is 44.3 Å². The van der Waals surface area contributed by atoms with Crippen molar-refractivity contribution in [2.75, 3.05) is 24.6 Å². The summed E-state index contributed by atoms with van der Waals surface area (Å²) in [5.74, 6) is 0. The second-order valence-electron chi connectivity index (χ2n) is 5.70. The Labute approximate surface area is 128 Å². The van der Waals surface area contributed by atoms with Gasteiger partial charge in [0.1, 0.15) is 5.02 Å². The molecule has 0 spiro atoms. The fourth-order valence-corrected chi connectivity index (χ4v) is 3.72. The molecule has 21 heavy (non-hydrogen) atoms. The number of anilines is 1. The monoisotopic (exact) mass is 312 g/mol. The summed E-state index contributed by atoms with van der Waals surface area (Å²) < 4.78 is 1.21. The Morgan fingerprint density at radius 1 is 1.43 bits per heavy atom. The fourth-order valence-electron chi connectivity index (χ4n) is 3.46. The number of aromatic nitrogens is 2. The molecule has 2 atom stereocenters. The van der Waals surface area contributed by atoms with Crippen LogP contribution in [0.15, 0.2) is 11.0 Å². The molecular weight excluding hydrogens is 292 g/mol. The molecule has 0 aromatic carbocycles. The van der Waals surface area contributed by atoms with Gasteiger partial charge in [0.15, 0.2) is 0 Å². The van der Waals surface area contributed by atoms with Gasteiger partial charge in [0.05, 0.1) is 25.0 Å². The van der Waals surface area contributed by atoms with E-state index in [1.54, 1.807) is 6.20 Å². The van der Waals surface area contributed by atoms with Crippen LogP contribution in [0.4, 0.5) is 5.69 Å². The van der Waals surface area contributed by atoms with Crippen LogP contribution < -0.4 is 15.8 Å². The van der Waals surface area contributed by atoms with E-state index in [-0.39, 0.29) is 23.7 Å². The van der Waals surface area contributed by atoms with Gasteiger partial charge in [-0.1, -0.05) is 11.6 Å². The van der Waals surface area contributed by atoms with E-state index in [0.717, 1.165) is 31.6 Å². The lowest BCUT2D eigenvalue weighted by Gasteiger charge is -2.31. The molecule has 3 rings (SSSR count). The molecule has 6 nitrogen and oxygen atoms in total. The van der Waals surface area contributed by atoms with Crippen LogP contribution in [0.1, 0.15) is 25.7 Å². The molecule has 2 fully saturated rings. The molecule has 0 radical (unpaired) electrons. The molecule has 0 bridgehead atoms. The Balaban J connectivity index is 1.88. The van der Waals surface area contributed by atoms with Crippen molar-refractivity contribution in [1.82, 2.24) is 15.1 Å². The first-order chi connectivity index (χ1) is 10.2. The third-order valence-corrected chi connectivity index (χ3v) is 4.81. The van der Waals surface area contributed by atoms with Crippen LogP contribution in [0.3, 0.4) is 0 Å². The molecule has 116 valence electrons. The third kappa shape index (κ3) is 2.80. The molecule has 2 N–H and O–H groups in total. The van der Waals surface area contributed by atoms with Gasteiger partial charge in [0.2, 0.25) is 0 Å². The van der Waals surface area contributed by atoms with E-state index in [2.05, 4.69) is 15.3 Å². The second-order valence-corrected chi connectivity index (χ2v) is 6.08. The van der Waals surface area contributed by atoms with Crippen LogP contribution in [0.25, 0.3) is 0 Å². The lowest BCUT2D eigenvalue weighted by Crippen LogP contribution is -2.44. The Kier molecular flexibility index (Phi) is 4.47. The molecule has 2 saturated heterocycles. The van der Waals surface area contributed by atoms with Crippen LogP contribution in [0.2, 0.25) is 5.02 Å². The van der Waals surface area contributed by atoms with Crippen molar-refractivity contribution in [1.29, 1.82) is 0 Å². The number of aliphatic hydroxyl groups is 1. The molecule has 2 aliphatic rings. The van der Waals surface area contributed by atoms with Gasteiger partial charge < -0.3 is 15.3 Å². The van der Waals surface area contributed by atoms with E-state index in [0.29, 0.717) is 12.1 Å². The topological polar surface area (TPSA) is 70.4 Å². The average molecular weight is 313 g/mol. The Morgan fingerprint density at radius 3 is 3.00 bits per heavy atom. The smallest absolute Gasteiger partial charge is 0.287 e. The molecule has 0 saturated carbocycles.